The standard InChI is InChI=1S/C19H31N3O3/c1-5-25-17-10-8-16(9-11-17)15(4)22-18(23)7-6-12-21-19(24)13(2)14(3)20/h8-11,13-15H,5-7,12,20H2,1-4H3,(H,21,24)(H,22,23). The van der Waals surface area contributed by atoms with Crippen LogP contribution in [0.15, 0.2) is 24.3 Å². The SMILES string of the molecule is CCOc1ccc(C(C)NC(=O)CCCNC(=O)C(C)C(C)N)cc1. The van der Waals surface area contributed by atoms with Gasteiger partial charge in [-0.25, -0.2) is 0 Å². The summed E-state index contributed by atoms with van der Waals surface area (Å²) in [7, 11) is 0. The van der Waals surface area contributed by atoms with Gasteiger partial charge in [0.15, 0.2) is 0 Å². The average molecular weight is 349 g/mol. The van der Waals surface area contributed by atoms with E-state index in [0.717, 1.165) is 11.3 Å². The highest BCUT2D eigenvalue weighted by molar-refractivity contribution is 5.79. The molecule has 0 aromatic heterocycles. The van der Waals surface area contributed by atoms with E-state index in [2.05, 4.69) is 10.6 Å². The Balaban J connectivity index is 2.30. The minimum Gasteiger partial charge on any atom is -0.494 e. The van der Waals surface area contributed by atoms with Crippen LogP contribution in [0.1, 0.15) is 52.1 Å². The van der Waals surface area contributed by atoms with Crippen molar-refractivity contribution in [2.24, 2.45) is 11.7 Å². The number of rotatable bonds is 10. The normalized spacial score (nSPS) is 14.3. The summed E-state index contributed by atoms with van der Waals surface area (Å²) in [4.78, 5) is 23.8. The lowest BCUT2D eigenvalue weighted by Gasteiger charge is -2.16. The number of benzene rings is 1. The predicted octanol–water partition coefficient (Wildman–Crippen LogP) is 2.14. The molecule has 0 saturated heterocycles. The van der Waals surface area contributed by atoms with Crippen LogP contribution in [0.25, 0.3) is 0 Å². The average Bonchev–Trinajstić information content (AvgIpc) is 2.58. The third-order valence-corrected chi connectivity index (χ3v) is 4.15. The summed E-state index contributed by atoms with van der Waals surface area (Å²) in [6.07, 6.45) is 0.966. The molecule has 3 atom stereocenters. The van der Waals surface area contributed by atoms with Crippen LogP contribution in [-0.2, 0) is 9.59 Å². The van der Waals surface area contributed by atoms with Gasteiger partial charge in [0.05, 0.1) is 12.6 Å². The zero-order valence-corrected chi connectivity index (χ0v) is 15.7. The number of nitrogens with one attached hydrogen (secondary N) is 2. The summed E-state index contributed by atoms with van der Waals surface area (Å²) in [5.41, 5.74) is 6.72. The summed E-state index contributed by atoms with van der Waals surface area (Å²) >= 11 is 0. The van der Waals surface area contributed by atoms with Gasteiger partial charge in [0.25, 0.3) is 0 Å². The molecular formula is C19H31N3O3. The maximum atomic E-state index is 12.0. The molecule has 0 aliphatic rings. The number of carbonyl (C=O) groups is 2. The first-order chi connectivity index (χ1) is 11.8. The zero-order valence-electron chi connectivity index (χ0n) is 15.7. The van der Waals surface area contributed by atoms with Gasteiger partial charge in [-0.05, 0) is 44.9 Å². The molecule has 140 valence electrons. The summed E-state index contributed by atoms with van der Waals surface area (Å²) in [6, 6.07) is 7.44. The van der Waals surface area contributed by atoms with Gasteiger partial charge in [-0.15, -0.1) is 0 Å². The molecule has 0 saturated carbocycles. The van der Waals surface area contributed by atoms with Crippen LogP contribution in [-0.4, -0.2) is 31.0 Å². The van der Waals surface area contributed by atoms with Gasteiger partial charge in [0.1, 0.15) is 5.75 Å². The molecule has 4 N–H and O–H groups in total. The molecule has 0 bridgehead atoms. The van der Waals surface area contributed by atoms with E-state index in [0.29, 0.717) is 26.0 Å². The number of amides is 2. The van der Waals surface area contributed by atoms with Crippen LogP contribution < -0.4 is 21.1 Å². The maximum Gasteiger partial charge on any atom is 0.224 e. The van der Waals surface area contributed by atoms with E-state index in [9.17, 15) is 9.59 Å². The lowest BCUT2D eigenvalue weighted by molar-refractivity contribution is -0.125. The molecule has 25 heavy (non-hydrogen) atoms. The van der Waals surface area contributed by atoms with Crippen LogP contribution >= 0.6 is 0 Å². The van der Waals surface area contributed by atoms with Gasteiger partial charge in [-0.2, -0.15) is 0 Å². The monoisotopic (exact) mass is 349 g/mol. The molecule has 0 aliphatic heterocycles. The summed E-state index contributed by atoms with van der Waals surface area (Å²) in [5.74, 6) is 0.490. The fourth-order valence-electron chi connectivity index (χ4n) is 2.28. The van der Waals surface area contributed by atoms with Crippen molar-refractivity contribution in [3.8, 4) is 5.75 Å². The molecule has 6 nitrogen and oxygen atoms in total. The highest BCUT2D eigenvalue weighted by Gasteiger charge is 2.16. The van der Waals surface area contributed by atoms with Gasteiger partial charge < -0.3 is 21.1 Å². The Bertz CT molecular complexity index is 543. The van der Waals surface area contributed by atoms with Crippen molar-refractivity contribution < 1.29 is 14.3 Å². The molecule has 0 heterocycles. The fourth-order valence-corrected chi connectivity index (χ4v) is 2.28. The summed E-state index contributed by atoms with van der Waals surface area (Å²) in [6.45, 7) is 8.59. The molecule has 3 unspecified atom stereocenters. The number of nitrogens with two attached hydrogens (primary N) is 1. The van der Waals surface area contributed by atoms with Crippen LogP contribution in [0.3, 0.4) is 0 Å². The topological polar surface area (TPSA) is 93.5 Å². The molecule has 0 radical (unpaired) electrons. The van der Waals surface area contributed by atoms with Crippen molar-refractivity contribution in [1.82, 2.24) is 10.6 Å². The maximum absolute atomic E-state index is 12.0. The van der Waals surface area contributed by atoms with E-state index in [1.807, 2.05) is 38.1 Å². The molecule has 0 spiro atoms. The Kier molecular flexibility index (Phi) is 8.99. The summed E-state index contributed by atoms with van der Waals surface area (Å²) in [5, 5.41) is 5.77. The van der Waals surface area contributed by atoms with Gasteiger partial charge in [-0.1, -0.05) is 19.1 Å². The van der Waals surface area contributed by atoms with Crippen molar-refractivity contribution in [3.63, 3.8) is 0 Å². The molecule has 1 aromatic rings. The Morgan fingerprint density at radius 1 is 1.16 bits per heavy atom. The van der Waals surface area contributed by atoms with Gasteiger partial charge in [0, 0.05) is 24.9 Å². The Morgan fingerprint density at radius 3 is 2.36 bits per heavy atom. The van der Waals surface area contributed by atoms with Crippen LogP contribution in [0, 0.1) is 5.92 Å². The van der Waals surface area contributed by atoms with Crippen LogP contribution in [0.2, 0.25) is 0 Å². The van der Waals surface area contributed by atoms with Crippen molar-refractivity contribution >= 4 is 11.8 Å². The van der Waals surface area contributed by atoms with E-state index in [-0.39, 0.29) is 29.8 Å². The molecule has 0 aliphatic carbocycles. The second kappa shape index (κ2) is 10.7. The molecule has 6 heteroatoms. The number of hydrogen-bond acceptors (Lipinski definition) is 4. The van der Waals surface area contributed by atoms with Gasteiger partial charge in [-0.3, -0.25) is 9.59 Å². The highest BCUT2D eigenvalue weighted by atomic mass is 16.5. The van der Waals surface area contributed by atoms with Crippen LogP contribution in [0.5, 0.6) is 5.75 Å². The first-order valence-electron chi connectivity index (χ1n) is 8.90. The zero-order chi connectivity index (χ0) is 18.8. The molecule has 2 amide bonds. The van der Waals surface area contributed by atoms with E-state index < -0.39 is 0 Å². The second-order valence-corrected chi connectivity index (χ2v) is 6.33. The van der Waals surface area contributed by atoms with E-state index in [1.165, 1.54) is 0 Å². The molecule has 1 rings (SSSR count). The summed E-state index contributed by atoms with van der Waals surface area (Å²) < 4.78 is 5.41. The molecule has 1 aromatic carbocycles. The third-order valence-electron chi connectivity index (χ3n) is 4.15. The first kappa shape index (κ1) is 21.0. The predicted molar refractivity (Wildman–Crippen MR) is 99.2 cm³/mol. The van der Waals surface area contributed by atoms with Crippen molar-refractivity contribution in [2.45, 2.75) is 52.6 Å². The van der Waals surface area contributed by atoms with E-state index in [1.54, 1.807) is 13.8 Å². The Hall–Kier alpha value is -2.08. The van der Waals surface area contributed by atoms with E-state index in [4.69, 9.17) is 10.5 Å². The lowest BCUT2D eigenvalue weighted by atomic mass is 10.0. The second-order valence-electron chi connectivity index (χ2n) is 6.33. The quantitative estimate of drug-likeness (QED) is 0.564. The van der Waals surface area contributed by atoms with E-state index >= 15 is 0 Å². The Morgan fingerprint density at radius 2 is 1.80 bits per heavy atom. The first-order valence-corrected chi connectivity index (χ1v) is 8.90. The number of ether oxygens (including phenoxy) is 1. The number of carbonyl (C=O) groups excluding carboxylic acids is 2. The van der Waals surface area contributed by atoms with Crippen molar-refractivity contribution in [2.75, 3.05) is 13.2 Å². The highest BCUT2D eigenvalue weighted by Crippen LogP contribution is 2.17. The lowest BCUT2D eigenvalue weighted by Crippen LogP contribution is -2.39. The minimum atomic E-state index is -0.228. The third kappa shape index (κ3) is 7.56. The Labute approximate surface area is 150 Å². The van der Waals surface area contributed by atoms with Gasteiger partial charge >= 0.3 is 0 Å². The van der Waals surface area contributed by atoms with Crippen molar-refractivity contribution in [3.05, 3.63) is 29.8 Å². The number of hydrogen-bond donors (Lipinski definition) is 3. The van der Waals surface area contributed by atoms with Crippen molar-refractivity contribution in [1.29, 1.82) is 0 Å². The molecular weight excluding hydrogens is 318 g/mol. The molecule has 0 fully saturated rings. The minimum absolute atomic E-state index is 0.0316. The smallest absolute Gasteiger partial charge is 0.224 e. The largest absolute Gasteiger partial charge is 0.494 e. The van der Waals surface area contributed by atoms with Gasteiger partial charge in [0.2, 0.25) is 11.8 Å². The van der Waals surface area contributed by atoms with Crippen LogP contribution in [0.4, 0.5) is 0 Å². The fraction of sp³-hybridized carbons (Fsp3) is 0.579.